The molecule has 1 amide bonds. The van der Waals surface area contributed by atoms with Crippen molar-refractivity contribution in [3.63, 3.8) is 0 Å². The fourth-order valence-corrected chi connectivity index (χ4v) is 4.40. The van der Waals surface area contributed by atoms with Crippen molar-refractivity contribution in [3.05, 3.63) is 34.9 Å². The molecule has 2 aliphatic rings. The van der Waals surface area contributed by atoms with Crippen LogP contribution in [0.4, 0.5) is 14.7 Å². The minimum Gasteiger partial charge on any atom is -0.347 e. The Labute approximate surface area is 162 Å². The molecule has 3 heterocycles. The fraction of sp³-hybridized carbons (Fsp3) is 0.579. The topological polar surface area (TPSA) is 67.2 Å². The molecule has 28 heavy (non-hydrogen) atoms. The maximum atomic E-state index is 13.0. The minimum absolute atomic E-state index is 0.0738. The van der Waals surface area contributed by atoms with E-state index in [0.29, 0.717) is 23.7 Å². The highest BCUT2D eigenvalue weighted by molar-refractivity contribution is 5.92. The highest BCUT2D eigenvalue weighted by Gasteiger charge is 2.45. The summed E-state index contributed by atoms with van der Waals surface area (Å²) in [6.45, 7) is -0.0940. The first kappa shape index (κ1) is 18.8. The zero-order valence-corrected chi connectivity index (χ0v) is 16.3. The maximum absolute atomic E-state index is 13.0. The molecule has 4 rings (SSSR count). The molecule has 9 heteroatoms. The van der Waals surface area contributed by atoms with E-state index >= 15 is 0 Å². The van der Waals surface area contributed by atoms with Crippen LogP contribution in [0.15, 0.2) is 12.3 Å². The number of hydrogen-bond acceptors (Lipinski definition) is 5. The zero-order chi connectivity index (χ0) is 20.1. The first-order valence-electron chi connectivity index (χ1n) is 9.48. The Balaban J connectivity index is 1.62. The first-order chi connectivity index (χ1) is 13.3. The van der Waals surface area contributed by atoms with Gasteiger partial charge in [-0.25, -0.2) is 14.6 Å². The quantitative estimate of drug-likeness (QED) is 0.806. The van der Waals surface area contributed by atoms with Gasteiger partial charge in [-0.2, -0.15) is 13.9 Å². The number of aryl methyl sites for hydroxylation is 2. The van der Waals surface area contributed by atoms with Gasteiger partial charge in [0, 0.05) is 44.5 Å². The number of fused-ring (bicyclic) bond motifs is 2. The molecule has 1 unspecified atom stereocenters. The third kappa shape index (κ3) is 3.02. The molecule has 2 aromatic heterocycles. The average Bonchev–Trinajstić information content (AvgIpc) is 3.22. The highest BCUT2D eigenvalue weighted by atomic mass is 19.3. The predicted octanol–water partition coefficient (Wildman–Crippen LogP) is 2.56. The second-order valence-electron chi connectivity index (χ2n) is 7.94. The summed E-state index contributed by atoms with van der Waals surface area (Å²) in [6.07, 6.45) is 5.51. The van der Waals surface area contributed by atoms with Gasteiger partial charge in [0.2, 0.25) is 5.95 Å². The van der Waals surface area contributed by atoms with E-state index in [2.05, 4.69) is 10.1 Å². The number of rotatable bonds is 3. The summed E-state index contributed by atoms with van der Waals surface area (Å²) < 4.78 is 26.6. The number of anilines is 1. The molecule has 1 atom stereocenters. The zero-order valence-electron chi connectivity index (χ0n) is 16.3. The molecule has 1 spiro atoms. The van der Waals surface area contributed by atoms with Crippen LogP contribution in [0, 0.1) is 6.92 Å². The lowest BCUT2D eigenvalue weighted by Gasteiger charge is -2.40. The maximum Gasteiger partial charge on any atom is 0.333 e. The van der Waals surface area contributed by atoms with Crippen LogP contribution in [-0.4, -0.2) is 57.7 Å². The summed E-state index contributed by atoms with van der Waals surface area (Å²) in [7, 11) is 3.81. The van der Waals surface area contributed by atoms with Crippen molar-refractivity contribution in [2.75, 3.05) is 32.1 Å². The molecule has 0 N–H and O–H groups in total. The van der Waals surface area contributed by atoms with Gasteiger partial charge in [-0.3, -0.25) is 4.79 Å². The summed E-state index contributed by atoms with van der Waals surface area (Å²) >= 11 is 0. The van der Waals surface area contributed by atoms with Crippen molar-refractivity contribution in [2.24, 2.45) is 0 Å². The van der Waals surface area contributed by atoms with Gasteiger partial charge in [0.15, 0.2) is 5.69 Å². The van der Waals surface area contributed by atoms with Gasteiger partial charge in [0.05, 0.1) is 5.69 Å². The van der Waals surface area contributed by atoms with E-state index in [-0.39, 0.29) is 22.7 Å². The smallest absolute Gasteiger partial charge is 0.333 e. The number of nitrogens with zero attached hydrogens (tertiary/aromatic N) is 6. The van der Waals surface area contributed by atoms with Crippen LogP contribution >= 0.6 is 0 Å². The number of likely N-dealkylation sites (tertiary alicyclic amines) is 1. The lowest BCUT2D eigenvalue weighted by atomic mass is 9.77. The van der Waals surface area contributed by atoms with Crippen molar-refractivity contribution in [1.82, 2.24) is 24.6 Å². The van der Waals surface area contributed by atoms with Gasteiger partial charge >= 0.3 is 6.55 Å². The number of amides is 1. The van der Waals surface area contributed by atoms with E-state index in [1.165, 1.54) is 13.0 Å². The van der Waals surface area contributed by atoms with Crippen LogP contribution in [0.5, 0.6) is 0 Å². The SMILES string of the molecule is Cc1cc(C(=O)N2CCCC3(CCc4cnc(N(C)C)nc43)C2)nn1C(F)F. The number of carbonyl (C=O) groups excluding carboxylic acids is 1. The van der Waals surface area contributed by atoms with Gasteiger partial charge in [-0.15, -0.1) is 0 Å². The monoisotopic (exact) mass is 390 g/mol. The van der Waals surface area contributed by atoms with Crippen molar-refractivity contribution in [1.29, 1.82) is 0 Å². The summed E-state index contributed by atoms with van der Waals surface area (Å²) in [5.74, 6) is 0.367. The average molecular weight is 390 g/mol. The normalized spacial score (nSPS) is 21.4. The van der Waals surface area contributed by atoms with Gasteiger partial charge < -0.3 is 9.80 Å². The third-order valence-corrected chi connectivity index (χ3v) is 5.82. The second kappa shape index (κ2) is 6.79. The van der Waals surface area contributed by atoms with E-state index in [9.17, 15) is 13.6 Å². The Morgan fingerprint density at radius 2 is 2.11 bits per heavy atom. The van der Waals surface area contributed by atoms with E-state index in [4.69, 9.17) is 4.98 Å². The number of halogens is 2. The number of alkyl halides is 2. The fourth-order valence-electron chi connectivity index (χ4n) is 4.40. The molecule has 0 aromatic carbocycles. The van der Waals surface area contributed by atoms with Gasteiger partial charge in [-0.1, -0.05) is 0 Å². The van der Waals surface area contributed by atoms with Crippen LogP contribution in [0.25, 0.3) is 0 Å². The molecule has 1 aliphatic heterocycles. The summed E-state index contributed by atoms with van der Waals surface area (Å²) in [6, 6.07) is 1.44. The lowest BCUT2D eigenvalue weighted by molar-refractivity contribution is 0.0518. The molecule has 0 radical (unpaired) electrons. The molecule has 150 valence electrons. The number of carbonyl (C=O) groups is 1. The summed E-state index contributed by atoms with van der Waals surface area (Å²) in [5.41, 5.74) is 2.32. The standard InChI is InChI=1S/C19H24F2N6O/c1-12-9-14(24-27(12)17(20)21)16(28)26-8-4-6-19(11-26)7-5-13-10-22-18(25(2)3)23-15(13)19/h9-10,17H,4-8,11H2,1-3H3. The van der Waals surface area contributed by atoms with Crippen molar-refractivity contribution < 1.29 is 13.6 Å². The van der Waals surface area contributed by atoms with Crippen LogP contribution in [0.1, 0.15) is 53.3 Å². The Kier molecular flexibility index (Phi) is 4.55. The van der Waals surface area contributed by atoms with Crippen LogP contribution in [0.3, 0.4) is 0 Å². The Hall–Kier alpha value is -2.58. The van der Waals surface area contributed by atoms with Gasteiger partial charge in [0.1, 0.15) is 0 Å². The molecule has 2 aromatic rings. The van der Waals surface area contributed by atoms with Gasteiger partial charge in [-0.05, 0) is 44.2 Å². The summed E-state index contributed by atoms with van der Waals surface area (Å²) in [5, 5.41) is 3.82. The molecule has 7 nitrogen and oxygen atoms in total. The van der Waals surface area contributed by atoms with Crippen molar-refractivity contribution >= 4 is 11.9 Å². The minimum atomic E-state index is -2.75. The van der Waals surface area contributed by atoms with E-state index in [0.717, 1.165) is 36.9 Å². The van der Waals surface area contributed by atoms with E-state index in [1.54, 1.807) is 4.90 Å². The van der Waals surface area contributed by atoms with Crippen molar-refractivity contribution in [3.8, 4) is 0 Å². The molecule has 1 fully saturated rings. The van der Waals surface area contributed by atoms with Crippen molar-refractivity contribution in [2.45, 2.75) is 44.6 Å². The van der Waals surface area contributed by atoms with E-state index < -0.39 is 6.55 Å². The highest BCUT2D eigenvalue weighted by Crippen LogP contribution is 2.44. The van der Waals surface area contributed by atoms with Crippen LogP contribution in [-0.2, 0) is 11.8 Å². The van der Waals surface area contributed by atoms with Crippen LogP contribution in [0.2, 0.25) is 0 Å². The Bertz CT molecular complexity index is 908. The number of aromatic nitrogens is 4. The molecule has 0 bridgehead atoms. The molecular weight excluding hydrogens is 366 g/mol. The molecular formula is C19H24F2N6O. The second-order valence-corrected chi connectivity index (χ2v) is 7.94. The molecule has 0 saturated carbocycles. The Morgan fingerprint density at radius 1 is 1.32 bits per heavy atom. The summed E-state index contributed by atoms with van der Waals surface area (Å²) in [4.78, 5) is 25.8. The third-order valence-electron chi connectivity index (χ3n) is 5.82. The molecule has 1 saturated heterocycles. The van der Waals surface area contributed by atoms with Crippen LogP contribution < -0.4 is 4.90 Å². The largest absolute Gasteiger partial charge is 0.347 e. The Morgan fingerprint density at radius 3 is 2.79 bits per heavy atom. The predicted molar refractivity (Wildman–Crippen MR) is 99.7 cm³/mol. The van der Waals surface area contributed by atoms with E-state index in [1.807, 2.05) is 25.2 Å². The lowest BCUT2D eigenvalue weighted by Crippen LogP contribution is -2.48. The number of hydrogen-bond donors (Lipinski definition) is 0. The van der Waals surface area contributed by atoms with Gasteiger partial charge in [0.25, 0.3) is 5.91 Å². The first-order valence-corrected chi connectivity index (χ1v) is 9.48. The molecule has 1 aliphatic carbocycles. The number of piperidine rings is 1.